The van der Waals surface area contributed by atoms with Gasteiger partial charge in [0.1, 0.15) is 17.6 Å². The summed E-state index contributed by atoms with van der Waals surface area (Å²) in [6.07, 6.45) is 2.23. The first-order chi connectivity index (χ1) is 11.0. The molecule has 1 aliphatic rings. The molecule has 128 valence electrons. The van der Waals surface area contributed by atoms with E-state index in [1.165, 1.54) is 5.56 Å². The number of aliphatic imine (C=N–C) groups is 1. The van der Waals surface area contributed by atoms with E-state index in [2.05, 4.69) is 37.1 Å². The van der Waals surface area contributed by atoms with Crippen molar-refractivity contribution in [2.24, 2.45) is 16.6 Å². The molecule has 0 fully saturated rings. The molecule has 1 aromatic carbocycles. The van der Waals surface area contributed by atoms with Crippen LogP contribution < -0.4 is 20.5 Å². The fraction of sp³-hybridized carbons (Fsp3) is 0.611. The van der Waals surface area contributed by atoms with Crippen molar-refractivity contribution in [2.75, 3.05) is 13.2 Å². The van der Waals surface area contributed by atoms with Gasteiger partial charge in [-0.1, -0.05) is 13.8 Å². The van der Waals surface area contributed by atoms with E-state index in [0.29, 0.717) is 25.0 Å². The van der Waals surface area contributed by atoms with Crippen LogP contribution in [0.25, 0.3) is 0 Å². The van der Waals surface area contributed by atoms with Crippen molar-refractivity contribution >= 4 is 5.96 Å². The van der Waals surface area contributed by atoms with E-state index in [1.807, 2.05) is 13.0 Å². The molecule has 5 nitrogen and oxygen atoms in total. The highest BCUT2D eigenvalue weighted by Crippen LogP contribution is 2.35. The van der Waals surface area contributed by atoms with Gasteiger partial charge in [0.15, 0.2) is 5.96 Å². The molecule has 0 bridgehead atoms. The summed E-state index contributed by atoms with van der Waals surface area (Å²) in [4.78, 5) is 4.43. The van der Waals surface area contributed by atoms with Gasteiger partial charge in [-0.15, -0.1) is 0 Å². The molecule has 3 N–H and O–H groups in total. The van der Waals surface area contributed by atoms with Gasteiger partial charge in [-0.05, 0) is 38.3 Å². The maximum Gasteiger partial charge on any atom is 0.188 e. The number of benzene rings is 1. The number of nitrogens with zero attached hydrogens (tertiary/aromatic N) is 1. The SMILES string of the molecule is CCOc1cc2c(cc1CN=C(N)NCCC(C)C)OC(C)C2. The molecule has 0 saturated heterocycles. The number of ether oxygens (including phenoxy) is 2. The van der Waals surface area contributed by atoms with Crippen LogP contribution in [-0.2, 0) is 13.0 Å². The summed E-state index contributed by atoms with van der Waals surface area (Å²) in [5.41, 5.74) is 8.15. The fourth-order valence-electron chi connectivity index (χ4n) is 2.61. The highest BCUT2D eigenvalue weighted by molar-refractivity contribution is 5.77. The van der Waals surface area contributed by atoms with E-state index in [4.69, 9.17) is 15.2 Å². The zero-order chi connectivity index (χ0) is 16.8. The van der Waals surface area contributed by atoms with Crippen molar-refractivity contribution in [1.29, 1.82) is 0 Å². The van der Waals surface area contributed by atoms with Crippen LogP contribution in [0.5, 0.6) is 11.5 Å². The third-order valence-corrected chi connectivity index (χ3v) is 3.83. The summed E-state index contributed by atoms with van der Waals surface area (Å²) in [5, 5.41) is 3.15. The van der Waals surface area contributed by atoms with Gasteiger partial charge < -0.3 is 20.5 Å². The summed E-state index contributed by atoms with van der Waals surface area (Å²) in [6, 6.07) is 4.12. The Labute approximate surface area is 139 Å². The monoisotopic (exact) mass is 319 g/mol. The molecule has 1 aromatic rings. The molecule has 2 rings (SSSR count). The number of guanidine groups is 1. The maximum atomic E-state index is 5.93. The topological polar surface area (TPSA) is 68.9 Å². The lowest BCUT2D eigenvalue weighted by Gasteiger charge is -2.12. The molecular weight excluding hydrogens is 290 g/mol. The summed E-state index contributed by atoms with van der Waals surface area (Å²) < 4.78 is 11.6. The highest BCUT2D eigenvalue weighted by atomic mass is 16.5. The highest BCUT2D eigenvalue weighted by Gasteiger charge is 2.21. The minimum atomic E-state index is 0.223. The van der Waals surface area contributed by atoms with Crippen molar-refractivity contribution in [2.45, 2.75) is 53.2 Å². The van der Waals surface area contributed by atoms with Crippen LogP contribution in [0.15, 0.2) is 17.1 Å². The van der Waals surface area contributed by atoms with Crippen LogP contribution in [0, 0.1) is 5.92 Å². The van der Waals surface area contributed by atoms with Crippen LogP contribution in [0.3, 0.4) is 0 Å². The standard InChI is InChI=1S/C18H29N3O2/c1-5-22-16-9-14-8-13(4)23-17(14)10-15(16)11-21-18(19)20-7-6-12(2)3/h9-10,12-13H,5-8,11H2,1-4H3,(H3,19,20,21). The number of fused-ring (bicyclic) bond motifs is 1. The normalized spacial score (nSPS) is 17.1. The second kappa shape index (κ2) is 8.09. The van der Waals surface area contributed by atoms with Crippen molar-refractivity contribution in [1.82, 2.24) is 5.32 Å². The lowest BCUT2D eigenvalue weighted by atomic mass is 10.1. The van der Waals surface area contributed by atoms with Crippen molar-refractivity contribution in [3.8, 4) is 11.5 Å². The molecule has 0 amide bonds. The fourth-order valence-corrected chi connectivity index (χ4v) is 2.61. The van der Waals surface area contributed by atoms with Gasteiger partial charge in [-0.3, -0.25) is 0 Å². The number of hydrogen-bond acceptors (Lipinski definition) is 3. The van der Waals surface area contributed by atoms with E-state index >= 15 is 0 Å². The van der Waals surface area contributed by atoms with E-state index in [9.17, 15) is 0 Å². The molecule has 1 atom stereocenters. The van der Waals surface area contributed by atoms with Crippen LogP contribution >= 0.6 is 0 Å². The zero-order valence-electron chi connectivity index (χ0n) is 14.7. The molecule has 1 unspecified atom stereocenters. The Hall–Kier alpha value is -1.91. The lowest BCUT2D eigenvalue weighted by molar-refractivity contribution is 0.254. The first-order valence-electron chi connectivity index (χ1n) is 8.48. The average molecular weight is 319 g/mol. The second-order valence-electron chi connectivity index (χ2n) is 6.44. The van der Waals surface area contributed by atoms with E-state index in [0.717, 1.165) is 36.4 Å². The summed E-state index contributed by atoms with van der Waals surface area (Å²) in [6.45, 7) is 10.4. The molecular formula is C18H29N3O2. The van der Waals surface area contributed by atoms with Gasteiger partial charge in [0.25, 0.3) is 0 Å². The molecule has 0 spiro atoms. The molecule has 1 heterocycles. The number of hydrogen-bond donors (Lipinski definition) is 2. The van der Waals surface area contributed by atoms with Gasteiger partial charge >= 0.3 is 0 Å². The van der Waals surface area contributed by atoms with Crippen molar-refractivity contribution in [3.05, 3.63) is 23.3 Å². The molecule has 0 aromatic heterocycles. The van der Waals surface area contributed by atoms with Crippen LogP contribution in [-0.4, -0.2) is 25.2 Å². The van der Waals surface area contributed by atoms with Crippen LogP contribution in [0.2, 0.25) is 0 Å². The van der Waals surface area contributed by atoms with Crippen LogP contribution in [0.1, 0.15) is 45.2 Å². The largest absolute Gasteiger partial charge is 0.494 e. The van der Waals surface area contributed by atoms with Crippen molar-refractivity contribution < 1.29 is 9.47 Å². The van der Waals surface area contributed by atoms with Gasteiger partial charge in [0, 0.05) is 24.1 Å². The minimum Gasteiger partial charge on any atom is -0.494 e. The Morgan fingerprint density at radius 1 is 1.48 bits per heavy atom. The van der Waals surface area contributed by atoms with Gasteiger partial charge in [0.05, 0.1) is 13.2 Å². The zero-order valence-corrected chi connectivity index (χ0v) is 14.7. The first kappa shape index (κ1) is 17.4. The predicted octanol–water partition coefficient (Wildman–Crippen LogP) is 2.86. The van der Waals surface area contributed by atoms with Gasteiger partial charge in [-0.2, -0.15) is 0 Å². The third kappa shape index (κ3) is 5.05. The predicted molar refractivity (Wildman–Crippen MR) is 94.2 cm³/mol. The smallest absolute Gasteiger partial charge is 0.188 e. The van der Waals surface area contributed by atoms with Crippen LogP contribution in [0.4, 0.5) is 0 Å². The number of rotatable bonds is 7. The number of nitrogens with two attached hydrogens (primary N) is 1. The molecule has 0 aliphatic carbocycles. The lowest BCUT2D eigenvalue weighted by Crippen LogP contribution is -2.32. The Morgan fingerprint density at radius 3 is 2.96 bits per heavy atom. The first-order valence-corrected chi connectivity index (χ1v) is 8.48. The van der Waals surface area contributed by atoms with Gasteiger partial charge in [-0.25, -0.2) is 4.99 Å². The number of nitrogens with one attached hydrogen (secondary N) is 1. The molecule has 5 heteroatoms. The molecule has 0 radical (unpaired) electrons. The van der Waals surface area contributed by atoms with E-state index in [-0.39, 0.29) is 6.10 Å². The molecule has 1 aliphatic heterocycles. The van der Waals surface area contributed by atoms with Gasteiger partial charge in [0.2, 0.25) is 0 Å². The quantitative estimate of drug-likeness (QED) is 0.599. The third-order valence-electron chi connectivity index (χ3n) is 3.83. The Bertz CT molecular complexity index is 555. The van der Waals surface area contributed by atoms with E-state index in [1.54, 1.807) is 0 Å². The average Bonchev–Trinajstić information content (AvgIpc) is 2.83. The Balaban J connectivity index is 2.05. The second-order valence-corrected chi connectivity index (χ2v) is 6.44. The summed E-state index contributed by atoms with van der Waals surface area (Å²) in [7, 11) is 0. The van der Waals surface area contributed by atoms with Crippen molar-refractivity contribution in [3.63, 3.8) is 0 Å². The minimum absolute atomic E-state index is 0.223. The maximum absolute atomic E-state index is 5.93. The Morgan fingerprint density at radius 2 is 2.26 bits per heavy atom. The summed E-state index contributed by atoms with van der Waals surface area (Å²) >= 11 is 0. The Kier molecular flexibility index (Phi) is 6.13. The van der Waals surface area contributed by atoms with E-state index < -0.39 is 0 Å². The molecule has 23 heavy (non-hydrogen) atoms. The molecule has 0 saturated carbocycles. The summed E-state index contributed by atoms with van der Waals surface area (Å²) in [5.74, 6) is 2.94.